The van der Waals surface area contributed by atoms with E-state index in [0.29, 0.717) is 25.0 Å². The van der Waals surface area contributed by atoms with E-state index in [9.17, 15) is 8.78 Å². The van der Waals surface area contributed by atoms with Crippen molar-refractivity contribution >= 4 is 11.9 Å². The van der Waals surface area contributed by atoms with Gasteiger partial charge in [-0.1, -0.05) is 0 Å². The van der Waals surface area contributed by atoms with Crippen molar-refractivity contribution in [2.45, 2.75) is 13.8 Å². The van der Waals surface area contributed by atoms with E-state index >= 15 is 0 Å². The van der Waals surface area contributed by atoms with Crippen molar-refractivity contribution in [1.82, 2.24) is 15.0 Å². The molecule has 7 heteroatoms. The fraction of sp³-hybridized carbons (Fsp3) is 0.357. The molecule has 0 saturated heterocycles. The normalized spacial score (nSPS) is 10.5. The Hall–Kier alpha value is -2.31. The monoisotopic (exact) mass is 293 g/mol. The van der Waals surface area contributed by atoms with Crippen LogP contribution >= 0.6 is 0 Å². The summed E-state index contributed by atoms with van der Waals surface area (Å²) in [7, 11) is 1.66. The van der Waals surface area contributed by atoms with Crippen LogP contribution in [0.2, 0.25) is 0 Å². The van der Waals surface area contributed by atoms with E-state index in [4.69, 9.17) is 0 Å². The van der Waals surface area contributed by atoms with Crippen LogP contribution in [0.3, 0.4) is 0 Å². The Morgan fingerprint density at radius 1 is 1.10 bits per heavy atom. The molecule has 112 valence electrons. The number of rotatable bonds is 5. The molecule has 0 unspecified atom stereocenters. The van der Waals surface area contributed by atoms with E-state index < -0.39 is 11.6 Å². The molecule has 0 spiro atoms. The van der Waals surface area contributed by atoms with Gasteiger partial charge in [0.15, 0.2) is 5.82 Å². The molecule has 21 heavy (non-hydrogen) atoms. The fourth-order valence-corrected chi connectivity index (χ4v) is 1.91. The number of hydrogen-bond acceptors (Lipinski definition) is 5. The third-order valence-electron chi connectivity index (χ3n) is 3.06. The first-order valence-electron chi connectivity index (χ1n) is 6.73. The smallest absolute Gasteiger partial charge is 0.230 e. The number of anilines is 2. The predicted molar refractivity (Wildman–Crippen MR) is 78.3 cm³/mol. The lowest BCUT2D eigenvalue weighted by molar-refractivity contribution is 0.602. The van der Waals surface area contributed by atoms with E-state index in [1.54, 1.807) is 7.05 Å². The molecular weight excluding hydrogens is 276 g/mol. The van der Waals surface area contributed by atoms with Crippen molar-refractivity contribution in [3.8, 4) is 11.4 Å². The Labute approximate surface area is 122 Å². The summed E-state index contributed by atoms with van der Waals surface area (Å²) in [5.74, 6) is -0.269. The van der Waals surface area contributed by atoms with Crippen molar-refractivity contribution in [2.75, 3.05) is 30.4 Å². The lowest BCUT2D eigenvalue weighted by atomic mass is 10.2. The highest BCUT2D eigenvalue weighted by molar-refractivity contribution is 5.59. The van der Waals surface area contributed by atoms with Crippen LogP contribution in [-0.2, 0) is 0 Å². The first-order chi connectivity index (χ1) is 10.1. The van der Waals surface area contributed by atoms with Gasteiger partial charge >= 0.3 is 0 Å². The van der Waals surface area contributed by atoms with Crippen LogP contribution in [0.4, 0.5) is 20.7 Å². The summed E-state index contributed by atoms with van der Waals surface area (Å²) >= 11 is 0. The van der Waals surface area contributed by atoms with Gasteiger partial charge in [-0.3, -0.25) is 0 Å². The maximum Gasteiger partial charge on any atom is 0.230 e. The largest absolute Gasteiger partial charge is 0.357 e. The Balaban J connectivity index is 2.57. The first kappa shape index (κ1) is 15.1. The number of halogens is 2. The molecule has 0 aliphatic carbocycles. The summed E-state index contributed by atoms with van der Waals surface area (Å²) in [6.45, 7) is 5.34. The Morgan fingerprint density at radius 2 is 1.81 bits per heavy atom. The number of nitrogens with zero attached hydrogens (tertiary/aromatic N) is 4. The summed E-state index contributed by atoms with van der Waals surface area (Å²) in [5, 5.41) is 2.81. The molecule has 1 N–H and O–H groups in total. The predicted octanol–water partition coefficient (Wildman–Crippen LogP) is 2.70. The highest BCUT2D eigenvalue weighted by Crippen LogP contribution is 2.23. The number of benzene rings is 1. The Morgan fingerprint density at radius 3 is 2.43 bits per heavy atom. The topological polar surface area (TPSA) is 53.9 Å². The van der Waals surface area contributed by atoms with Gasteiger partial charge in [-0.2, -0.15) is 15.0 Å². The summed E-state index contributed by atoms with van der Waals surface area (Å²) < 4.78 is 27.2. The quantitative estimate of drug-likeness (QED) is 0.918. The standard InChI is InChI=1S/C14H17F2N5/c1-4-21(5-2)14-19-12(18-13(17-3)20-14)10-8-9(15)6-7-11(10)16/h6-8H,4-5H2,1-3H3,(H,17,18,19,20). The van der Waals surface area contributed by atoms with Gasteiger partial charge in [-0.05, 0) is 32.0 Å². The molecule has 0 radical (unpaired) electrons. The van der Waals surface area contributed by atoms with Crippen molar-refractivity contribution in [3.63, 3.8) is 0 Å². The molecule has 0 fully saturated rings. The average molecular weight is 293 g/mol. The number of aromatic nitrogens is 3. The van der Waals surface area contributed by atoms with Crippen LogP contribution in [0.25, 0.3) is 11.4 Å². The molecule has 0 saturated carbocycles. The SMILES string of the molecule is CCN(CC)c1nc(NC)nc(-c2cc(F)ccc2F)n1. The second kappa shape index (κ2) is 6.43. The van der Waals surface area contributed by atoms with Gasteiger partial charge in [-0.25, -0.2) is 8.78 Å². The number of hydrogen-bond donors (Lipinski definition) is 1. The van der Waals surface area contributed by atoms with Gasteiger partial charge in [0.2, 0.25) is 11.9 Å². The summed E-state index contributed by atoms with van der Waals surface area (Å²) in [6, 6.07) is 3.20. The van der Waals surface area contributed by atoms with Crippen molar-refractivity contribution in [1.29, 1.82) is 0 Å². The summed E-state index contributed by atoms with van der Waals surface area (Å²) in [5.41, 5.74) is 0.0160. The Kier molecular flexibility index (Phi) is 4.62. The van der Waals surface area contributed by atoms with E-state index in [2.05, 4.69) is 20.3 Å². The molecule has 1 heterocycles. The van der Waals surface area contributed by atoms with Crippen molar-refractivity contribution < 1.29 is 8.78 Å². The van der Waals surface area contributed by atoms with Gasteiger partial charge in [0.05, 0.1) is 5.56 Å². The number of nitrogens with one attached hydrogen (secondary N) is 1. The molecule has 0 atom stereocenters. The van der Waals surface area contributed by atoms with E-state index in [1.807, 2.05) is 18.7 Å². The van der Waals surface area contributed by atoms with Crippen LogP contribution in [0.1, 0.15) is 13.8 Å². The zero-order valence-corrected chi connectivity index (χ0v) is 12.2. The molecule has 1 aromatic carbocycles. The minimum atomic E-state index is -0.574. The molecule has 0 aliphatic rings. The molecular formula is C14H17F2N5. The maximum atomic E-state index is 13.9. The molecule has 0 bridgehead atoms. The van der Waals surface area contributed by atoms with Crippen LogP contribution in [0.5, 0.6) is 0 Å². The van der Waals surface area contributed by atoms with Crippen LogP contribution in [0.15, 0.2) is 18.2 Å². The highest BCUT2D eigenvalue weighted by atomic mass is 19.1. The van der Waals surface area contributed by atoms with E-state index in [0.717, 1.165) is 18.2 Å². The van der Waals surface area contributed by atoms with Gasteiger partial charge in [0.1, 0.15) is 11.6 Å². The molecule has 0 amide bonds. The van der Waals surface area contributed by atoms with Crippen LogP contribution in [0, 0.1) is 11.6 Å². The Bertz CT molecular complexity index is 629. The van der Waals surface area contributed by atoms with Gasteiger partial charge in [-0.15, -0.1) is 0 Å². The van der Waals surface area contributed by atoms with Crippen LogP contribution in [-0.4, -0.2) is 35.1 Å². The molecule has 2 rings (SSSR count). The lowest BCUT2D eigenvalue weighted by Crippen LogP contribution is -2.25. The maximum absolute atomic E-state index is 13.9. The van der Waals surface area contributed by atoms with Gasteiger partial charge in [0, 0.05) is 20.1 Å². The third kappa shape index (κ3) is 3.24. The lowest BCUT2D eigenvalue weighted by Gasteiger charge is -2.19. The molecule has 2 aromatic rings. The summed E-state index contributed by atoms with van der Waals surface area (Å²) in [4.78, 5) is 14.5. The fourth-order valence-electron chi connectivity index (χ4n) is 1.91. The average Bonchev–Trinajstić information content (AvgIpc) is 2.50. The zero-order chi connectivity index (χ0) is 15.4. The first-order valence-corrected chi connectivity index (χ1v) is 6.73. The van der Waals surface area contributed by atoms with E-state index in [1.165, 1.54) is 0 Å². The second-order valence-corrected chi connectivity index (χ2v) is 4.33. The van der Waals surface area contributed by atoms with Gasteiger partial charge < -0.3 is 10.2 Å². The van der Waals surface area contributed by atoms with Crippen molar-refractivity contribution in [2.24, 2.45) is 0 Å². The highest BCUT2D eigenvalue weighted by Gasteiger charge is 2.15. The third-order valence-corrected chi connectivity index (χ3v) is 3.06. The molecule has 1 aromatic heterocycles. The molecule has 5 nitrogen and oxygen atoms in total. The van der Waals surface area contributed by atoms with Gasteiger partial charge in [0.25, 0.3) is 0 Å². The van der Waals surface area contributed by atoms with Crippen molar-refractivity contribution in [3.05, 3.63) is 29.8 Å². The minimum absolute atomic E-state index is 0.0160. The van der Waals surface area contributed by atoms with Crippen LogP contribution < -0.4 is 10.2 Å². The minimum Gasteiger partial charge on any atom is -0.357 e. The summed E-state index contributed by atoms with van der Waals surface area (Å²) in [6.07, 6.45) is 0. The molecule has 0 aliphatic heterocycles. The second-order valence-electron chi connectivity index (χ2n) is 4.33. The zero-order valence-electron chi connectivity index (χ0n) is 12.2. The van der Waals surface area contributed by atoms with E-state index in [-0.39, 0.29) is 11.4 Å².